The van der Waals surface area contributed by atoms with Gasteiger partial charge in [-0.3, -0.25) is 4.79 Å². The largest absolute Gasteiger partial charge is 0.489 e. The Bertz CT molecular complexity index is 1020. The Labute approximate surface area is 192 Å². The monoisotopic (exact) mass is 530 g/mol. The van der Waals surface area contributed by atoms with Crippen LogP contribution in [0, 0.1) is 6.92 Å². The highest BCUT2D eigenvalue weighted by atomic mass is 79.9. The summed E-state index contributed by atoms with van der Waals surface area (Å²) in [5.41, 5.74) is 5.29. The van der Waals surface area contributed by atoms with Crippen LogP contribution in [-0.4, -0.2) is 18.7 Å². The highest BCUT2D eigenvalue weighted by Crippen LogP contribution is 2.32. The zero-order valence-electron chi connectivity index (χ0n) is 16.3. The summed E-state index contributed by atoms with van der Waals surface area (Å²) in [4.78, 5) is 12.0. The van der Waals surface area contributed by atoms with E-state index in [0.29, 0.717) is 12.4 Å². The quantitative estimate of drug-likeness (QED) is 0.303. The van der Waals surface area contributed by atoms with E-state index in [1.807, 2.05) is 73.7 Å². The number of aryl methyl sites for hydroxylation is 1. The molecule has 0 bridgehead atoms. The molecule has 1 N–H and O–H groups in total. The maximum atomic E-state index is 12.0. The van der Waals surface area contributed by atoms with E-state index >= 15 is 0 Å². The van der Waals surface area contributed by atoms with Crippen LogP contribution in [0.4, 0.5) is 0 Å². The molecule has 3 rings (SSSR count). The van der Waals surface area contributed by atoms with Crippen molar-refractivity contribution in [2.75, 3.05) is 6.61 Å². The Morgan fingerprint density at radius 1 is 1.03 bits per heavy atom. The zero-order valence-corrected chi connectivity index (χ0v) is 19.4. The molecule has 0 heterocycles. The highest BCUT2D eigenvalue weighted by molar-refractivity contribution is 9.11. The molecule has 5 nitrogen and oxygen atoms in total. The fraction of sp³-hybridized carbons (Fsp3) is 0.130. The third kappa shape index (κ3) is 6.71. The lowest BCUT2D eigenvalue weighted by Crippen LogP contribution is -2.24. The van der Waals surface area contributed by atoms with Crippen molar-refractivity contribution in [1.29, 1.82) is 0 Å². The number of amides is 1. The second-order valence-corrected chi connectivity index (χ2v) is 8.23. The lowest BCUT2D eigenvalue weighted by Gasteiger charge is -2.10. The predicted molar refractivity (Wildman–Crippen MR) is 125 cm³/mol. The van der Waals surface area contributed by atoms with E-state index in [4.69, 9.17) is 9.47 Å². The van der Waals surface area contributed by atoms with E-state index in [1.54, 1.807) is 6.21 Å². The van der Waals surface area contributed by atoms with E-state index < -0.39 is 0 Å². The molecule has 30 heavy (non-hydrogen) atoms. The summed E-state index contributed by atoms with van der Waals surface area (Å²) < 4.78 is 13.1. The number of hydrazone groups is 1. The van der Waals surface area contributed by atoms with E-state index in [0.717, 1.165) is 31.4 Å². The Hall–Kier alpha value is -2.64. The molecule has 0 fully saturated rings. The van der Waals surface area contributed by atoms with Crippen molar-refractivity contribution in [3.8, 4) is 11.5 Å². The van der Waals surface area contributed by atoms with Crippen LogP contribution in [0.5, 0.6) is 11.5 Å². The van der Waals surface area contributed by atoms with Crippen LogP contribution in [0.25, 0.3) is 0 Å². The van der Waals surface area contributed by atoms with Gasteiger partial charge in [-0.15, -0.1) is 0 Å². The third-order valence-corrected chi connectivity index (χ3v) is 5.10. The van der Waals surface area contributed by atoms with Crippen LogP contribution < -0.4 is 14.9 Å². The molecule has 0 spiro atoms. The Morgan fingerprint density at radius 3 is 2.60 bits per heavy atom. The second kappa shape index (κ2) is 10.9. The van der Waals surface area contributed by atoms with Crippen molar-refractivity contribution >= 4 is 44.0 Å². The van der Waals surface area contributed by atoms with Crippen LogP contribution in [-0.2, 0) is 11.4 Å². The number of carbonyl (C=O) groups excluding carboxylic acids is 1. The number of rotatable bonds is 8. The third-order valence-electron chi connectivity index (χ3n) is 4.05. The van der Waals surface area contributed by atoms with Gasteiger partial charge in [0.2, 0.25) is 0 Å². The van der Waals surface area contributed by atoms with Crippen LogP contribution in [0.3, 0.4) is 0 Å². The predicted octanol–water partition coefficient (Wildman–Crippen LogP) is 5.63. The summed E-state index contributed by atoms with van der Waals surface area (Å²) in [5, 5.41) is 3.99. The van der Waals surface area contributed by atoms with Crippen molar-refractivity contribution in [1.82, 2.24) is 5.43 Å². The molecule has 7 heteroatoms. The summed E-state index contributed by atoms with van der Waals surface area (Å²) >= 11 is 6.85. The summed E-state index contributed by atoms with van der Waals surface area (Å²) in [5.74, 6) is 1.01. The van der Waals surface area contributed by atoms with Gasteiger partial charge in [-0.05, 0) is 63.8 Å². The molecule has 1 amide bonds. The van der Waals surface area contributed by atoms with E-state index in [2.05, 4.69) is 42.4 Å². The maximum absolute atomic E-state index is 12.0. The Kier molecular flexibility index (Phi) is 8.04. The van der Waals surface area contributed by atoms with Gasteiger partial charge in [0.15, 0.2) is 6.61 Å². The number of benzene rings is 3. The van der Waals surface area contributed by atoms with Crippen LogP contribution in [0.2, 0.25) is 0 Å². The molecule has 0 atom stereocenters. The number of nitrogens with one attached hydrogen (secondary N) is 1. The van der Waals surface area contributed by atoms with Gasteiger partial charge in [-0.2, -0.15) is 5.10 Å². The molecule has 3 aromatic carbocycles. The normalized spacial score (nSPS) is 10.8. The molecular formula is C23H20Br2N2O3. The number of carbonyl (C=O) groups is 1. The van der Waals surface area contributed by atoms with E-state index in [9.17, 15) is 4.79 Å². The lowest BCUT2D eigenvalue weighted by molar-refractivity contribution is -0.123. The molecule has 0 aromatic heterocycles. The summed E-state index contributed by atoms with van der Waals surface area (Å²) in [7, 11) is 0. The molecule has 0 unspecified atom stereocenters. The zero-order chi connectivity index (χ0) is 21.3. The number of ether oxygens (including phenoxy) is 2. The molecule has 154 valence electrons. The van der Waals surface area contributed by atoms with Gasteiger partial charge >= 0.3 is 0 Å². The SMILES string of the molecule is Cc1cc(Br)cc(Br)c1OCC(=O)NN=Cc1cccc(OCc2ccccc2)c1. The van der Waals surface area contributed by atoms with Crippen molar-refractivity contribution in [2.45, 2.75) is 13.5 Å². The van der Waals surface area contributed by atoms with Gasteiger partial charge < -0.3 is 9.47 Å². The fourth-order valence-electron chi connectivity index (χ4n) is 2.65. The molecular weight excluding hydrogens is 512 g/mol. The smallest absolute Gasteiger partial charge is 0.277 e. The average molecular weight is 532 g/mol. The first-order valence-corrected chi connectivity index (χ1v) is 10.8. The molecule has 0 aliphatic heterocycles. The van der Waals surface area contributed by atoms with Crippen LogP contribution in [0.15, 0.2) is 80.8 Å². The fourth-order valence-corrected chi connectivity index (χ4v) is 4.20. The molecule has 0 saturated carbocycles. The molecule has 0 aliphatic carbocycles. The molecule has 0 aliphatic rings. The minimum atomic E-state index is -0.350. The van der Waals surface area contributed by atoms with Crippen molar-refractivity contribution in [2.24, 2.45) is 5.10 Å². The van der Waals surface area contributed by atoms with Crippen LogP contribution in [0.1, 0.15) is 16.7 Å². The van der Waals surface area contributed by atoms with Gasteiger partial charge in [0.1, 0.15) is 18.1 Å². The number of nitrogens with zero attached hydrogens (tertiary/aromatic N) is 1. The highest BCUT2D eigenvalue weighted by Gasteiger charge is 2.09. The average Bonchev–Trinajstić information content (AvgIpc) is 2.72. The van der Waals surface area contributed by atoms with E-state index in [-0.39, 0.29) is 12.5 Å². The molecule has 3 aromatic rings. The second-order valence-electron chi connectivity index (χ2n) is 6.46. The summed E-state index contributed by atoms with van der Waals surface area (Å²) in [6, 6.07) is 21.2. The van der Waals surface area contributed by atoms with Crippen molar-refractivity contribution in [3.05, 3.63) is 92.4 Å². The standard InChI is InChI=1S/C23H20Br2N2O3/c1-16-10-19(24)12-21(25)23(16)30-15-22(28)27-26-13-18-8-5-9-20(11-18)29-14-17-6-3-2-4-7-17/h2-13H,14-15H2,1H3,(H,27,28). The minimum Gasteiger partial charge on any atom is -0.489 e. The molecule has 0 saturated heterocycles. The number of hydrogen-bond donors (Lipinski definition) is 1. The van der Waals surface area contributed by atoms with E-state index in [1.165, 1.54) is 0 Å². The maximum Gasteiger partial charge on any atom is 0.277 e. The van der Waals surface area contributed by atoms with Gasteiger partial charge in [-0.1, -0.05) is 58.4 Å². The van der Waals surface area contributed by atoms with Gasteiger partial charge in [0, 0.05) is 4.47 Å². The first-order chi connectivity index (χ1) is 14.5. The Balaban J connectivity index is 1.49. The van der Waals surface area contributed by atoms with Gasteiger partial charge in [0.25, 0.3) is 5.91 Å². The van der Waals surface area contributed by atoms with Gasteiger partial charge in [-0.25, -0.2) is 5.43 Å². The minimum absolute atomic E-state index is 0.140. The van der Waals surface area contributed by atoms with Gasteiger partial charge in [0.05, 0.1) is 10.7 Å². The van der Waals surface area contributed by atoms with Crippen molar-refractivity contribution < 1.29 is 14.3 Å². The summed E-state index contributed by atoms with van der Waals surface area (Å²) in [6.45, 7) is 2.26. The number of hydrogen-bond acceptors (Lipinski definition) is 4. The lowest BCUT2D eigenvalue weighted by atomic mass is 10.2. The molecule has 0 radical (unpaired) electrons. The Morgan fingerprint density at radius 2 is 1.83 bits per heavy atom. The first kappa shape index (κ1) is 22.1. The summed E-state index contributed by atoms with van der Waals surface area (Å²) in [6.07, 6.45) is 1.56. The first-order valence-electron chi connectivity index (χ1n) is 9.18. The topological polar surface area (TPSA) is 59.9 Å². The number of halogens is 2. The van der Waals surface area contributed by atoms with Crippen LogP contribution >= 0.6 is 31.9 Å². The van der Waals surface area contributed by atoms with Crippen molar-refractivity contribution in [3.63, 3.8) is 0 Å².